The van der Waals surface area contributed by atoms with Crippen molar-refractivity contribution in [2.75, 3.05) is 20.6 Å². The van der Waals surface area contributed by atoms with Gasteiger partial charge in [-0.1, -0.05) is 213 Å². The van der Waals surface area contributed by atoms with Gasteiger partial charge in [-0.2, -0.15) is 0 Å². The first-order valence-corrected chi connectivity index (χ1v) is 24.0. The van der Waals surface area contributed by atoms with E-state index in [0.717, 1.165) is 25.2 Å². The van der Waals surface area contributed by atoms with Gasteiger partial charge in [-0.3, -0.25) is 0 Å². The lowest BCUT2D eigenvalue weighted by Gasteiger charge is -2.16. The third-order valence-corrected chi connectivity index (χ3v) is 9.66. The molecule has 0 aliphatic rings. The average Bonchev–Trinajstić information content (AvgIpc) is 3.14. The lowest BCUT2D eigenvalue weighted by molar-refractivity contribution is -0.117. The summed E-state index contributed by atoms with van der Waals surface area (Å²) in [5, 5.41) is 0. The van der Waals surface area contributed by atoms with Crippen LogP contribution in [0.2, 0.25) is 0 Å². The molecule has 0 aromatic heterocycles. The third kappa shape index (κ3) is 66.1. The van der Waals surface area contributed by atoms with Gasteiger partial charge in [0, 0.05) is 6.42 Å². The van der Waals surface area contributed by atoms with Crippen LogP contribution in [0.1, 0.15) is 261 Å². The Balaban J connectivity index is -0.000000722. The third-order valence-electron chi connectivity index (χ3n) is 9.66. The number of hydrogen-bond donors (Lipinski definition) is 0. The van der Waals surface area contributed by atoms with Gasteiger partial charge in [-0.25, -0.2) is 0 Å². The van der Waals surface area contributed by atoms with Gasteiger partial charge in [0.25, 0.3) is 0 Å². The molecule has 0 aromatic carbocycles. The molecule has 0 radical (unpaired) electrons. The van der Waals surface area contributed by atoms with Crippen LogP contribution in [-0.2, 0) is 4.79 Å². The summed E-state index contributed by atoms with van der Waals surface area (Å²) in [6, 6.07) is 0. The maximum atomic E-state index is 10.0. The Morgan fingerprint density at radius 3 is 1.11 bits per heavy atom. The number of carbonyl (C=O) groups excluding carboxylic acids is 1. The molecule has 0 heterocycles. The van der Waals surface area contributed by atoms with Gasteiger partial charge in [0.15, 0.2) is 0 Å². The standard InChI is InChI=1S/C39H74.C5H13N.C5H10O.C2H6/c1-4-7-9-11-13-15-17-19-21-23-25-27-29-31-33-35-38-39(36-6-3)37-34-32-30-28-26-24-22-20-18-16-14-12-10-8-5-2;1-4-5-6(2)3;1-3-4-5(2)6;1-2/h13,15,18-21,39H,4-12,14,16-17,22-38H2,1-3H3;4-5H2,1-3H3;3-4H2,1-2H3;1-2H3/b15-13-,20-18-,21-19-;;;. The molecular weight excluding hydrogens is 643 g/mol. The average molecular weight is 746 g/mol. The van der Waals surface area contributed by atoms with E-state index in [-0.39, 0.29) is 5.78 Å². The number of ketones is 1. The van der Waals surface area contributed by atoms with E-state index in [1.165, 1.54) is 193 Å². The van der Waals surface area contributed by atoms with E-state index in [0.29, 0.717) is 0 Å². The minimum absolute atomic E-state index is 0.289. The van der Waals surface area contributed by atoms with E-state index >= 15 is 0 Å². The van der Waals surface area contributed by atoms with Crippen LogP contribution in [0.15, 0.2) is 36.5 Å². The van der Waals surface area contributed by atoms with Crippen LogP contribution in [0.4, 0.5) is 0 Å². The van der Waals surface area contributed by atoms with Crippen LogP contribution in [0.25, 0.3) is 0 Å². The highest BCUT2D eigenvalue weighted by Crippen LogP contribution is 2.23. The maximum absolute atomic E-state index is 10.0. The number of hydrogen-bond acceptors (Lipinski definition) is 2. The molecule has 0 saturated carbocycles. The van der Waals surface area contributed by atoms with Gasteiger partial charge >= 0.3 is 0 Å². The van der Waals surface area contributed by atoms with Crippen LogP contribution < -0.4 is 0 Å². The van der Waals surface area contributed by atoms with Gasteiger partial charge < -0.3 is 9.69 Å². The van der Waals surface area contributed by atoms with Gasteiger partial charge in [0.2, 0.25) is 0 Å². The molecule has 0 rings (SSSR count). The van der Waals surface area contributed by atoms with Crippen molar-refractivity contribution in [2.24, 2.45) is 5.92 Å². The lowest BCUT2D eigenvalue weighted by atomic mass is 9.90. The second-order valence-corrected chi connectivity index (χ2v) is 15.7. The summed E-state index contributed by atoms with van der Waals surface area (Å²) in [7, 11) is 4.17. The SMILES string of the molecule is CC.CCCC(C)=O.CCCCC/C=C\C/C=C\CCCCCCCCC(CCC)CCCCCCCC/C=C\CCCCCCC.CCCN(C)C. The van der Waals surface area contributed by atoms with Crippen molar-refractivity contribution in [1.29, 1.82) is 0 Å². The summed E-state index contributed by atoms with van der Waals surface area (Å²) in [5.74, 6) is 1.30. The molecule has 0 spiro atoms. The van der Waals surface area contributed by atoms with Crippen LogP contribution in [0.5, 0.6) is 0 Å². The Morgan fingerprint density at radius 1 is 0.434 bits per heavy atom. The minimum atomic E-state index is 0.289. The highest BCUT2D eigenvalue weighted by molar-refractivity contribution is 5.75. The van der Waals surface area contributed by atoms with Crippen molar-refractivity contribution in [3.8, 4) is 0 Å². The van der Waals surface area contributed by atoms with Crippen molar-refractivity contribution in [1.82, 2.24) is 4.90 Å². The highest BCUT2D eigenvalue weighted by atomic mass is 16.1. The topological polar surface area (TPSA) is 20.3 Å². The number of nitrogens with zero attached hydrogens (tertiary/aromatic N) is 1. The van der Waals surface area contributed by atoms with Gasteiger partial charge in [-0.15, -0.1) is 0 Å². The molecule has 2 heteroatoms. The highest BCUT2D eigenvalue weighted by Gasteiger charge is 2.07. The summed E-state index contributed by atoms with van der Waals surface area (Å²) in [5.41, 5.74) is 0. The van der Waals surface area contributed by atoms with E-state index in [1.807, 2.05) is 20.8 Å². The number of unbranched alkanes of at least 4 members (excludes halogenated alkanes) is 20. The summed E-state index contributed by atoms with van der Waals surface area (Å²) in [6.45, 7) is 18.0. The molecule has 0 aliphatic heterocycles. The van der Waals surface area contributed by atoms with E-state index in [2.05, 4.69) is 83.1 Å². The first kappa shape index (κ1) is 58.6. The van der Waals surface area contributed by atoms with E-state index in [4.69, 9.17) is 0 Å². The van der Waals surface area contributed by atoms with Crippen molar-refractivity contribution in [2.45, 2.75) is 261 Å². The zero-order valence-corrected chi connectivity index (χ0v) is 38.7. The Bertz CT molecular complexity index is 705. The Kier molecular flexibility index (Phi) is 63.6. The van der Waals surface area contributed by atoms with Crippen LogP contribution in [-0.4, -0.2) is 31.3 Å². The zero-order valence-electron chi connectivity index (χ0n) is 38.7. The van der Waals surface area contributed by atoms with E-state index in [1.54, 1.807) is 6.92 Å². The van der Waals surface area contributed by atoms with E-state index in [9.17, 15) is 4.79 Å². The number of carbonyl (C=O) groups is 1. The van der Waals surface area contributed by atoms with Gasteiger partial charge in [0.1, 0.15) is 5.78 Å². The summed E-state index contributed by atoms with van der Waals surface area (Å²) in [4.78, 5) is 12.2. The zero-order chi connectivity index (χ0) is 40.3. The quantitative estimate of drug-likeness (QED) is 0.0470. The number of rotatable bonds is 36. The smallest absolute Gasteiger partial charge is 0.129 e. The van der Waals surface area contributed by atoms with Crippen molar-refractivity contribution >= 4 is 5.78 Å². The number of allylic oxidation sites excluding steroid dienone is 6. The van der Waals surface area contributed by atoms with Crippen LogP contribution in [0, 0.1) is 5.92 Å². The summed E-state index contributed by atoms with van der Waals surface area (Å²) < 4.78 is 0. The molecule has 2 nitrogen and oxygen atoms in total. The summed E-state index contributed by atoms with van der Waals surface area (Å²) >= 11 is 0. The first-order valence-electron chi connectivity index (χ1n) is 24.0. The Morgan fingerprint density at radius 2 is 0.792 bits per heavy atom. The molecule has 318 valence electrons. The molecule has 1 unspecified atom stereocenters. The van der Waals surface area contributed by atoms with E-state index < -0.39 is 0 Å². The monoisotopic (exact) mass is 746 g/mol. The van der Waals surface area contributed by atoms with Crippen molar-refractivity contribution in [3.63, 3.8) is 0 Å². The molecule has 0 aliphatic carbocycles. The maximum Gasteiger partial charge on any atom is 0.129 e. The van der Waals surface area contributed by atoms with Crippen LogP contribution in [0.3, 0.4) is 0 Å². The fourth-order valence-corrected chi connectivity index (χ4v) is 6.57. The van der Waals surface area contributed by atoms with Crippen LogP contribution >= 0.6 is 0 Å². The van der Waals surface area contributed by atoms with Crippen molar-refractivity contribution < 1.29 is 4.79 Å². The lowest BCUT2D eigenvalue weighted by Crippen LogP contribution is -2.11. The minimum Gasteiger partial charge on any atom is -0.309 e. The molecular formula is C51H103NO. The largest absolute Gasteiger partial charge is 0.309 e. The molecule has 0 bridgehead atoms. The molecule has 1 atom stereocenters. The normalized spacial score (nSPS) is 11.8. The Hall–Kier alpha value is -1.15. The molecule has 0 N–H and O–H groups in total. The van der Waals surface area contributed by atoms with Crippen molar-refractivity contribution in [3.05, 3.63) is 36.5 Å². The number of Topliss-reactive ketones (excluding diaryl/α,β-unsaturated/α-hetero) is 1. The fraction of sp³-hybridized carbons (Fsp3) is 0.863. The first-order chi connectivity index (χ1) is 25.9. The molecule has 0 aromatic rings. The molecule has 53 heavy (non-hydrogen) atoms. The molecule has 0 fully saturated rings. The summed E-state index contributed by atoms with van der Waals surface area (Å²) in [6.07, 6.45) is 57.8. The molecule has 0 amide bonds. The fourth-order valence-electron chi connectivity index (χ4n) is 6.57. The predicted molar refractivity (Wildman–Crippen MR) is 248 cm³/mol. The molecule has 0 saturated heterocycles. The second kappa shape index (κ2) is 57.6. The predicted octanol–water partition coefficient (Wildman–Crippen LogP) is 18.0. The second-order valence-electron chi connectivity index (χ2n) is 15.7. The van der Waals surface area contributed by atoms with Gasteiger partial charge in [-0.05, 0) is 104 Å². The Labute approximate surface area is 338 Å². The van der Waals surface area contributed by atoms with Gasteiger partial charge in [0.05, 0.1) is 0 Å².